The summed E-state index contributed by atoms with van der Waals surface area (Å²) in [6.07, 6.45) is 6.97. The van der Waals surface area contributed by atoms with Crippen molar-refractivity contribution in [2.75, 3.05) is 13.2 Å². The third-order valence-electron chi connectivity index (χ3n) is 6.39. The van der Waals surface area contributed by atoms with Gasteiger partial charge in [0.15, 0.2) is 0 Å². The number of unbranched alkanes of at least 4 members (excludes halogenated alkanes) is 4. The molecule has 3 rings (SSSR count). The number of Topliss-reactive ketones (excluding diaryl/α,β-unsaturated/α-hetero) is 1. The molecule has 0 aliphatic carbocycles. The zero-order valence-electron chi connectivity index (χ0n) is 20.7. The number of aliphatic hydroxyl groups excluding tert-OH is 1. The minimum atomic E-state index is -0.626. The highest BCUT2D eigenvalue weighted by Crippen LogP contribution is 2.39. The van der Waals surface area contributed by atoms with Crippen molar-refractivity contribution in [3.63, 3.8) is 0 Å². The number of carbonyl (C=O) groups excluding carboxylic acids is 2. The lowest BCUT2D eigenvalue weighted by Crippen LogP contribution is -2.30. The van der Waals surface area contributed by atoms with Crippen LogP contribution in [0.25, 0.3) is 5.76 Å². The average Bonchev–Trinajstić information content (AvgIpc) is 3.12. The second-order valence-corrected chi connectivity index (χ2v) is 8.87. The molecule has 0 radical (unpaired) electrons. The number of rotatable bonds is 12. The first-order valence-electron chi connectivity index (χ1n) is 12.6. The van der Waals surface area contributed by atoms with Crippen LogP contribution in [-0.4, -0.2) is 34.8 Å². The van der Waals surface area contributed by atoms with E-state index in [2.05, 4.69) is 20.8 Å². The first-order chi connectivity index (χ1) is 16.5. The van der Waals surface area contributed by atoms with Gasteiger partial charge in [-0.2, -0.15) is 0 Å². The molecule has 1 N–H and O–H groups in total. The molecule has 0 aromatic heterocycles. The van der Waals surface area contributed by atoms with Crippen molar-refractivity contribution >= 4 is 17.4 Å². The smallest absolute Gasteiger partial charge is 0.295 e. The predicted molar refractivity (Wildman–Crippen MR) is 136 cm³/mol. The van der Waals surface area contributed by atoms with Gasteiger partial charge in [-0.15, -0.1) is 0 Å². The lowest BCUT2D eigenvalue weighted by atomic mass is 9.94. The Hall–Kier alpha value is -3.08. The molecular weight excluding hydrogens is 426 g/mol. The van der Waals surface area contributed by atoms with E-state index in [-0.39, 0.29) is 11.3 Å². The second kappa shape index (κ2) is 12.4. The van der Waals surface area contributed by atoms with Crippen LogP contribution < -0.4 is 4.74 Å². The van der Waals surface area contributed by atoms with Crippen LogP contribution in [0.2, 0.25) is 0 Å². The highest BCUT2D eigenvalue weighted by molar-refractivity contribution is 6.46. The largest absolute Gasteiger partial charge is 0.507 e. The molecule has 2 aromatic carbocycles. The Bertz CT molecular complexity index is 992. The van der Waals surface area contributed by atoms with Crippen LogP contribution in [0, 0.1) is 0 Å². The molecule has 1 atom stereocenters. The molecule has 0 bridgehead atoms. The maximum Gasteiger partial charge on any atom is 0.295 e. The first kappa shape index (κ1) is 25.5. The van der Waals surface area contributed by atoms with E-state index in [1.807, 2.05) is 24.3 Å². The summed E-state index contributed by atoms with van der Waals surface area (Å²) in [6.45, 7) is 7.47. The van der Waals surface area contributed by atoms with Gasteiger partial charge in [0.2, 0.25) is 0 Å². The van der Waals surface area contributed by atoms with Crippen molar-refractivity contribution in [2.45, 2.75) is 71.8 Å². The number of carbonyl (C=O) groups is 2. The maximum atomic E-state index is 13.1. The van der Waals surface area contributed by atoms with Gasteiger partial charge in [0.05, 0.1) is 18.2 Å². The van der Waals surface area contributed by atoms with Gasteiger partial charge in [0, 0.05) is 12.1 Å². The normalized spacial score (nSPS) is 17.4. The van der Waals surface area contributed by atoms with E-state index in [0.717, 1.165) is 56.3 Å². The lowest BCUT2D eigenvalue weighted by Gasteiger charge is -2.25. The van der Waals surface area contributed by atoms with E-state index in [0.29, 0.717) is 18.7 Å². The number of ketones is 1. The van der Waals surface area contributed by atoms with Crippen molar-refractivity contribution in [2.24, 2.45) is 0 Å². The molecular formula is C29H37NO4. The summed E-state index contributed by atoms with van der Waals surface area (Å²) in [6, 6.07) is 14.4. The molecule has 1 aliphatic rings. The van der Waals surface area contributed by atoms with E-state index in [9.17, 15) is 14.7 Å². The summed E-state index contributed by atoms with van der Waals surface area (Å²) in [4.78, 5) is 27.7. The molecule has 1 saturated heterocycles. The van der Waals surface area contributed by atoms with Gasteiger partial charge in [-0.05, 0) is 54.7 Å². The number of nitrogens with zero attached hydrogens (tertiary/aromatic N) is 1. The van der Waals surface area contributed by atoms with Crippen LogP contribution in [0.1, 0.15) is 82.0 Å². The van der Waals surface area contributed by atoms with Gasteiger partial charge in [-0.1, -0.05) is 70.7 Å². The highest BCUT2D eigenvalue weighted by atomic mass is 16.5. The van der Waals surface area contributed by atoms with Crippen molar-refractivity contribution < 1.29 is 19.4 Å². The highest BCUT2D eigenvalue weighted by Gasteiger charge is 2.45. The quantitative estimate of drug-likeness (QED) is 0.170. The van der Waals surface area contributed by atoms with Gasteiger partial charge < -0.3 is 14.7 Å². The number of aliphatic hydroxyl groups is 1. The fourth-order valence-electron chi connectivity index (χ4n) is 4.33. The number of amides is 1. The minimum Gasteiger partial charge on any atom is -0.507 e. The zero-order valence-corrected chi connectivity index (χ0v) is 20.7. The van der Waals surface area contributed by atoms with E-state index < -0.39 is 17.7 Å². The van der Waals surface area contributed by atoms with Crippen LogP contribution in [0.4, 0.5) is 0 Å². The zero-order chi connectivity index (χ0) is 24.5. The van der Waals surface area contributed by atoms with E-state index in [4.69, 9.17) is 4.74 Å². The molecule has 34 heavy (non-hydrogen) atoms. The number of likely N-dealkylation sites (tertiary alicyclic amines) is 1. The molecule has 5 nitrogen and oxygen atoms in total. The van der Waals surface area contributed by atoms with Crippen molar-refractivity contribution in [3.05, 3.63) is 70.8 Å². The van der Waals surface area contributed by atoms with Crippen LogP contribution in [-0.2, 0) is 16.0 Å². The van der Waals surface area contributed by atoms with Crippen LogP contribution in [0.15, 0.2) is 54.1 Å². The van der Waals surface area contributed by atoms with Crippen molar-refractivity contribution in [1.29, 1.82) is 0 Å². The van der Waals surface area contributed by atoms with Crippen LogP contribution in [0.5, 0.6) is 5.75 Å². The minimum absolute atomic E-state index is 0.140. The fourth-order valence-corrected chi connectivity index (χ4v) is 4.33. The summed E-state index contributed by atoms with van der Waals surface area (Å²) in [7, 11) is 0. The Morgan fingerprint density at radius 1 is 0.882 bits per heavy atom. The Balaban J connectivity index is 1.94. The van der Waals surface area contributed by atoms with Gasteiger partial charge in [-0.25, -0.2) is 0 Å². The van der Waals surface area contributed by atoms with Gasteiger partial charge in [0.1, 0.15) is 11.5 Å². The summed E-state index contributed by atoms with van der Waals surface area (Å²) in [5, 5.41) is 11.2. The number of benzene rings is 2. The molecule has 1 aliphatic heterocycles. The summed E-state index contributed by atoms with van der Waals surface area (Å²) in [5.41, 5.74) is 2.68. The molecule has 1 heterocycles. The number of hydrogen-bond acceptors (Lipinski definition) is 4. The first-order valence-corrected chi connectivity index (χ1v) is 12.6. The summed E-state index contributed by atoms with van der Waals surface area (Å²) in [5.74, 6) is -0.589. The third kappa shape index (κ3) is 5.88. The van der Waals surface area contributed by atoms with Gasteiger partial charge in [0.25, 0.3) is 11.7 Å². The second-order valence-electron chi connectivity index (χ2n) is 8.87. The van der Waals surface area contributed by atoms with E-state index in [1.165, 1.54) is 5.56 Å². The van der Waals surface area contributed by atoms with Gasteiger partial charge in [-0.3, -0.25) is 9.59 Å². The topological polar surface area (TPSA) is 66.8 Å². The molecule has 1 unspecified atom stereocenters. The van der Waals surface area contributed by atoms with E-state index >= 15 is 0 Å². The average molecular weight is 464 g/mol. The van der Waals surface area contributed by atoms with Crippen LogP contribution in [0.3, 0.4) is 0 Å². The number of ether oxygens (including phenoxy) is 1. The van der Waals surface area contributed by atoms with Crippen molar-refractivity contribution in [1.82, 2.24) is 4.90 Å². The standard InChI is InChI=1S/C29H37NO4/c1-4-7-9-19-30-26(22-13-11-21(6-3)12-14-22)25(28(32)29(30)33)27(31)23-15-17-24(18-16-23)34-20-10-8-5-2/h11-18,26,31H,4-10,19-20H2,1-3H3/b27-25-. The van der Waals surface area contributed by atoms with Crippen molar-refractivity contribution in [3.8, 4) is 5.75 Å². The van der Waals surface area contributed by atoms with Gasteiger partial charge >= 0.3 is 0 Å². The Labute approximate surface area is 203 Å². The summed E-state index contributed by atoms with van der Waals surface area (Å²) < 4.78 is 5.76. The lowest BCUT2D eigenvalue weighted by molar-refractivity contribution is -0.139. The fraction of sp³-hybridized carbons (Fsp3) is 0.448. The monoisotopic (exact) mass is 463 g/mol. The maximum absolute atomic E-state index is 13.1. The number of hydrogen-bond donors (Lipinski definition) is 1. The Morgan fingerprint density at radius 3 is 2.15 bits per heavy atom. The predicted octanol–water partition coefficient (Wildman–Crippen LogP) is 6.43. The summed E-state index contributed by atoms with van der Waals surface area (Å²) >= 11 is 0. The number of aryl methyl sites for hydroxylation is 1. The molecule has 1 amide bonds. The third-order valence-corrected chi connectivity index (χ3v) is 6.39. The van der Waals surface area contributed by atoms with E-state index in [1.54, 1.807) is 29.2 Å². The molecule has 182 valence electrons. The molecule has 1 fully saturated rings. The van der Waals surface area contributed by atoms with Crippen LogP contribution >= 0.6 is 0 Å². The molecule has 0 saturated carbocycles. The molecule has 5 heteroatoms. The Morgan fingerprint density at radius 2 is 1.53 bits per heavy atom. The molecule has 0 spiro atoms. The molecule has 2 aromatic rings. The SMILES string of the molecule is CCCCCOc1ccc(/C(O)=C2/C(=O)C(=O)N(CCCCC)C2c2ccc(CC)cc2)cc1. The Kier molecular flexibility index (Phi) is 9.32.